The Morgan fingerprint density at radius 3 is 2.53 bits per heavy atom. The number of thioether (sulfide) groups is 1. The summed E-state index contributed by atoms with van der Waals surface area (Å²) in [5, 5.41) is 21.4. The first-order valence-electron chi connectivity index (χ1n) is 10.4. The normalized spacial score (nSPS) is 15.9. The zero-order valence-corrected chi connectivity index (χ0v) is 20.5. The monoisotopic (exact) mass is 505 g/mol. The van der Waals surface area contributed by atoms with Crippen LogP contribution < -0.4 is 4.90 Å². The molecule has 4 aromatic rings. The molecule has 1 N–H and O–H groups in total. The average molecular weight is 506 g/mol. The predicted octanol–water partition coefficient (Wildman–Crippen LogP) is 5.98. The van der Waals surface area contributed by atoms with E-state index in [4.69, 9.17) is 0 Å². The van der Waals surface area contributed by atoms with Crippen molar-refractivity contribution in [3.8, 4) is 0 Å². The van der Waals surface area contributed by atoms with Gasteiger partial charge in [-0.1, -0.05) is 89.3 Å². The Labute approximate surface area is 208 Å². The van der Waals surface area contributed by atoms with E-state index in [1.165, 1.54) is 44.9 Å². The Morgan fingerprint density at radius 1 is 1.06 bits per heavy atom. The number of aliphatic hydroxyl groups is 1. The maximum Gasteiger partial charge on any atom is 0.296 e. The molecule has 0 aliphatic carbocycles. The van der Waals surface area contributed by atoms with E-state index in [0.717, 1.165) is 11.3 Å². The second-order valence-electron chi connectivity index (χ2n) is 7.68. The van der Waals surface area contributed by atoms with Crippen molar-refractivity contribution in [1.29, 1.82) is 0 Å². The van der Waals surface area contributed by atoms with Crippen molar-refractivity contribution in [3.63, 3.8) is 0 Å². The number of ketones is 1. The van der Waals surface area contributed by atoms with Crippen LogP contribution in [0.15, 0.2) is 87.8 Å². The summed E-state index contributed by atoms with van der Waals surface area (Å²) in [6, 6.07) is 20.1. The van der Waals surface area contributed by atoms with E-state index >= 15 is 0 Å². The molecule has 1 unspecified atom stereocenters. The van der Waals surface area contributed by atoms with Gasteiger partial charge in [0.15, 0.2) is 10.1 Å². The number of aliphatic hydroxyl groups excluding tert-OH is 1. The van der Waals surface area contributed by atoms with Gasteiger partial charge in [-0.3, -0.25) is 14.5 Å². The molecule has 0 radical (unpaired) electrons. The van der Waals surface area contributed by atoms with Crippen molar-refractivity contribution in [2.75, 3.05) is 4.90 Å². The molecular weight excluding hydrogens is 486 g/mol. The molecule has 0 saturated carbocycles. The molecule has 3 heterocycles. The second-order valence-corrected chi connectivity index (χ2v) is 10.8. The van der Waals surface area contributed by atoms with Crippen LogP contribution in [0.2, 0.25) is 0 Å². The molecule has 1 amide bonds. The van der Waals surface area contributed by atoms with Crippen LogP contribution in [0.3, 0.4) is 0 Å². The van der Waals surface area contributed by atoms with Crippen molar-refractivity contribution >= 4 is 51.3 Å². The first-order chi connectivity index (χ1) is 16.5. The van der Waals surface area contributed by atoms with Gasteiger partial charge in [-0.15, -0.1) is 21.5 Å². The third-order valence-electron chi connectivity index (χ3n) is 5.40. The summed E-state index contributed by atoms with van der Waals surface area (Å²) in [6.07, 6.45) is 0. The summed E-state index contributed by atoms with van der Waals surface area (Å²) < 4.78 is 0.702. The summed E-state index contributed by atoms with van der Waals surface area (Å²) >= 11 is 4.07. The van der Waals surface area contributed by atoms with Crippen LogP contribution in [-0.2, 0) is 10.5 Å². The smallest absolute Gasteiger partial charge is 0.296 e. The Hall–Kier alpha value is -3.27. The highest BCUT2D eigenvalue weighted by Gasteiger charge is 2.46. The Kier molecular flexibility index (Phi) is 6.32. The van der Waals surface area contributed by atoms with Gasteiger partial charge in [0.05, 0.1) is 16.5 Å². The molecule has 0 bridgehead atoms. The second kappa shape index (κ2) is 9.54. The van der Waals surface area contributed by atoms with Crippen molar-refractivity contribution in [2.45, 2.75) is 23.1 Å². The minimum atomic E-state index is -0.786. The summed E-state index contributed by atoms with van der Waals surface area (Å²) in [7, 11) is 0. The van der Waals surface area contributed by atoms with Gasteiger partial charge in [-0.25, -0.2) is 0 Å². The predicted molar refractivity (Wildman–Crippen MR) is 136 cm³/mol. The Morgan fingerprint density at radius 2 is 1.82 bits per heavy atom. The van der Waals surface area contributed by atoms with E-state index < -0.39 is 17.7 Å². The van der Waals surface area contributed by atoms with E-state index in [2.05, 4.69) is 34.5 Å². The largest absolute Gasteiger partial charge is 0.503 e. The van der Waals surface area contributed by atoms with Gasteiger partial charge in [0, 0.05) is 5.75 Å². The molecule has 0 spiro atoms. The molecule has 170 valence electrons. The number of amides is 1. The molecule has 0 saturated heterocycles. The maximum atomic E-state index is 13.3. The van der Waals surface area contributed by atoms with Gasteiger partial charge in [0.2, 0.25) is 10.9 Å². The highest BCUT2D eigenvalue weighted by Crippen LogP contribution is 2.44. The fraction of sp³-hybridized carbons (Fsp3) is 0.120. The van der Waals surface area contributed by atoms with Gasteiger partial charge < -0.3 is 5.11 Å². The first kappa shape index (κ1) is 22.5. The summed E-state index contributed by atoms with van der Waals surface area (Å²) in [5.74, 6) is -0.844. The van der Waals surface area contributed by atoms with E-state index in [0.29, 0.717) is 19.9 Å². The standard InChI is InChI=1S/C25H19N3O3S3/c1-15-9-11-16(12-10-15)14-33-25-27-26-24(34-25)28-20(17-6-3-2-4-7-17)19(22(30)23(28)31)21(29)18-8-5-13-32-18/h2-13,20,30H,14H2,1H3. The van der Waals surface area contributed by atoms with Gasteiger partial charge in [-0.2, -0.15) is 0 Å². The van der Waals surface area contributed by atoms with Crippen LogP contribution in [0.5, 0.6) is 0 Å². The van der Waals surface area contributed by atoms with E-state index in [9.17, 15) is 14.7 Å². The lowest BCUT2D eigenvalue weighted by Gasteiger charge is -2.23. The van der Waals surface area contributed by atoms with Gasteiger partial charge in [-0.05, 0) is 29.5 Å². The minimum Gasteiger partial charge on any atom is -0.503 e. The molecule has 1 aliphatic rings. The third-order valence-corrected chi connectivity index (χ3v) is 8.39. The van der Waals surface area contributed by atoms with E-state index in [-0.39, 0.29) is 11.4 Å². The number of hydrogen-bond acceptors (Lipinski definition) is 8. The number of anilines is 1. The van der Waals surface area contributed by atoms with Gasteiger partial charge in [0.25, 0.3) is 5.91 Å². The molecule has 5 rings (SSSR count). The maximum absolute atomic E-state index is 13.3. The van der Waals surface area contributed by atoms with E-state index in [1.807, 2.05) is 37.3 Å². The lowest BCUT2D eigenvalue weighted by Crippen LogP contribution is -2.30. The Bertz CT molecular complexity index is 1360. The summed E-state index contributed by atoms with van der Waals surface area (Å²) in [4.78, 5) is 28.3. The number of aryl methyl sites for hydroxylation is 1. The molecule has 1 aliphatic heterocycles. The number of benzene rings is 2. The molecule has 2 aromatic heterocycles. The number of thiophene rings is 1. The van der Waals surface area contributed by atoms with Crippen LogP contribution in [0.1, 0.15) is 32.4 Å². The minimum absolute atomic E-state index is 0.0581. The van der Waals surface area contributed by atoms with Crippen LogP contribution >= 0.6 is 34.4 Å². The fourth-order valence-electron chi connectivity index (χ4n) is 3.71. The molecule has 2 aromatic carbocycles. The van der Waals surface area contributed by atoms with Crippen molar-refractivity contribution in [3.05, 3.63) is 105 Å². The lowest BCUT2D eigenvalue weighted by molar-refractivity contribution is -0.117. The van der Waals surface area contributed by atoms with Crippen LogP contribution in [0.25, 0.3) is 0 Å². The van der Waals surface area contributed by atoms with Crippen LogP contribution in [-0.4, -0.2) is 27.0 Å². The summed E-state index contributed by atoms with van der Waals surface area (Å²) in [5.41, 5.74) is 3.13. The number of carbonyl (C=O) groups excluding carboxylic acids is 2. The highest BCUT2D eigenvalue weighted by molar-refractivity contribution is 8.00. The van der Waals surface area contributed by atoms with Crippen molar-refractivity contribution < 1.29 is 14.7 Å². The third kappa shape index (κ3) is 4.29. The molecule has 34 heavy (non-hydrogen) atoms. The topological polar surface area (TPSA) is 83.4 Å². The van der Waals surface area contributed by atoms with Crippen LogP contribution in [0, 0.1) is 6.92 Å². The molecular formula is C25H19N3O3S3. The molecule has 1 atom stereocenters. The number of aromatic nitrogens is 2. The van der Waals surface area contributed by atoms with E-state index in [1.54, 1.807) is 17.5 Å². The zero-order valence-electron chi connectivity index (χ0n) is 18.0. The first-order valence-corrected chi connectivity index (χ1v) is 13.1. The van der Waals surface area contributed by atoms with Gasteiger partial charge in [0.1, 0.15) is 0 Å². The quantitative estimate of drug-likeness (QED) is 0.189. The highest BCUT2D eigenvalue weighted by atomic mass is 32.2. The van der Waals surface area contributed by atoms with Crippen LogP contribution in [0.4, 0.5) is 5.13 Å². The summed E-state index contributed by atoms with van der Waals surface area (Å²) in [6.45, 7) is 2.05. The average Bonchev–Trinajstić information content (AvgIpc) is 3.60. The number of hydrogen-bond donors (Lipinski definition) is 1. The molecule has 6 nitrogen and oxygen atoms in total. The molecule has 9 heteroatoms. The molecule has 0 fully saturated rings. The number of rotatable bonds is 7. The number of carbonyl (C=O) groups is 2. The van der Waals surface area contributed by atoms with Crippen molar-refractivity contribution in [2.24, 2.45) is 0 Å². The Balaban J connectivity index is 1.46. The van der Waals surface area contributed by atoms with Crippen molar-refractivity contribution in [1.82, 2.24) is 10.2 Å². The zero-order chi connectivity index (χ0) is 23.7. The SMILES string of the molecule is Cc1ccc(CSc2nnc(N3C(=O)C(O)=C(C(=O)c4cccs4)C3c3ccccc3)s2)cc1. The number of Topliss-reactive ketones (excluding diaryl/α,β-unsaturated/α-hetero) is 1. The lowest BCUT2D eigenvalue weighted by atomic mass is 9.96. The van der Waals surface area contributed by atoms with Gasteiger partial charge >= 0.3 is 0 Å². The number of nitrogens with zero attached hydrogens (tertiary/aromatic N) is 3. The fourth-order valence-corrected chi connectivity index (χ4v) is 6.21.